The van der Waals surface area contributed by atoms with Gasteiger partial charge >= 0.3 is 0 Å². The van der Waals surface area contributed by atoms with Crippen molar-refractivity contribution >= 4 is 11.4 Å². The van der Waals surface area contributed by atoms with Crippen molar-refractivity contribution in [3.05, 3.63) is 28.5 Å². The van der Waals surface area contributed by atoms with Gasteiger partial charge in [-0.2, -0.15) is 0 Å². The number of carbonyl (C=O) groups is 1. The molecule has 0 bridgehead atoms. The van der Waals surface area contributed by atoms with Crippen LogP contribution in [0.15, 0.2) is 11.8 Å². The molecule has 0 saturated carbocycles. The van der Waals surface area contributed by atoms with Gasteiger partial charge in [0.1, 0.15) is 5.76 Å². The van der Waals surface area contributed by atoms with Crippen LogP contribution in [-0.4, -0.2) is 21.1 Å². The minimum atomic E-state index is -0.524. The Balaban J connectivity index is 4.05. The van der Waals surface area contributed by atoms with E-state index in [1.54, 1.807) is 6.07 Å². The van der Waals surface area contributed by atoms with E-state index >= 15 is 0 Å². The van der Waals surface area contributed by atoms with Gasteiger partial charge in [-0.05, 0) is 36.3 Å². The minimum Gasteiger partial charge on any atom is -0.512 e. The summed E-state index contributed by atoms with van der Waals surface area (Å²) >= 11 is 0. The van der Waals surface area contributed by atoms with Crippen LogP contribution in [-0.2, 0) is 15.6 Å². The Morgan fingerprint density at radius 2 is 1.39 bits per heavy atom. The Morgan fingerprint density at radius 3 is 1.70 bits per heavy atom. The van der Waals surface area contributed by atoms with Crippen molar-refractivity contribution in [2.24, 2.45) is 0 Å². The van der Waals surface area contributed by atoms with Crippen molar-refractivity contribution in [3.63, 3.8) is 0 Å². The number of aliphatic hydroxyl groups excluding tert-OH is 1. The maximum Gasteiger partial charge on any atom is 0.163 e. The number of phenols is 2. The molecule has 0 unspecified atom stereocenters. The number of ketones is 1. The van der Waals surface area contributed by atoms with Crippen LogP contribution in [0.2, 0.25) is 0 Å². The van der Waals surface area contributed by atoms with Crippen LogP contribution in [0.5, 0.6) is 11.5 Å². The van der Waals surface area contributed by atoms with E-state index in [1.165, 1.54) is 13.8 Å². The predicted octanol–water partition coefficient (Wildman–Crippen LogP) is 4.57. The molecule has 23 heavy (non-hydrogen) atoms. The number of rotatable bonds is 2. The normalized spacial score (nSPS) is 13.7. The third-order valence-electron chi connectivity index (χ3n) is 3.82. The number of phenolic OH excluding ortho intramolecular Hbond substituents is 2. The van der Waals surface area contributed by atoms with Gasteiger partial charge in [0.2, 0.25) is 0 Å². The van der Waals surface area contributed by atoms with Crippen LogP contribution >= 0.6 is 0 Å². The fourth-order valence-electron chi connectivity index (χ4n) is 2.83. The topological polar surface area (TPSA) is 77.8 Å². The van der Waals surface area contributed by atoms with Crippen LogP contribution in [0, 0.1) is 0 Å². The molecule has 0 aliphatic rings. The second-order valence-corrected chi connectivity index (χ2v) is 8.06. The highest BCUT2D eigenvalue weighted by Gasteiger charge is 2.32. The summed E-state index contributed by atoms with van der Waals surface area (Å²) in [6.07, 6.45) is 0. The summed E-state index contributed by atoms with van der Waals surface area (Å²) in [5.74, 6) is -0.807. The lowest BCUT2D eigenvalue weighted by atomic mass is 9.76. The first-order valence-electron chi connectivity index (χ1n) is 7.70. The van der Waals surface area contributed by atoms with E-state index in [1.807, 2.05) is 41.5 Å². The molecule has 0 heterocycles. The van der Waals surface area contributed by atoms with Gasteiger partial charge in [-0.15, -0.1) is 0 Å². The van der Waals surface area contributed by atoms with Crippen molar-refractivity contribution in [2.45, 2.75) is 66.2 Å². The molecular formula is C19H28O4. The zero-order valence-corrected chi connectivity index (χ0v) is 15.3. The van der Waals surface area contributed by atoms with Gasteiger partial charge in [-0.3, -0.25) is 4.79 Å². The van der Waals surface area contributed by atoms with Gasteiger partial charge in [0.05, 0.1) is 5.57 Å². The predicted molar refractivity (Wildman–Crippen MR) is 93.1 cm³/mol. The Morgan fingerprint density at radius 1 is 0.913 bits per heavy atom. The molecule has 0 aliphatic heterocycles. The molecule has 0 amide bonds. The first kappa shape index (κ1) is 19.1. The molecule has 0 atom stereocenters. The number of aromatic hydroxyl groups is 2. The molecule has 4 nitrogen and oxygen atoms in total. The van der Waals surface area contributed by atoms with Crippen LogP contribution in [0.3, 0.4) is 0 Å². The average molecular weight is 320 g/mol. The van der Waals surface area contributed by atoms with Gasteiger partial charge in [0.25, 0.3) is 0 Å². The second kappa shape index (κ2) is 5.91. The van der Waals surface area contributed by atoms with Crippen molar-refractivity contribution in [2.75, 3.05) is 0 Å². The van der Waals surface area contributed by atoms with Gasteiger partial charge < -0.3 is 15.3 Å². The summed E-state index contributed by atoms with van der Waals surface area (Å²) in [6.45, 7) is 14.2. The van der Waals surface area contributed by atoms with Gasteiger partial charge in [0.15, 0.2) is 17.3 Å². The first-order valence-corrected chi connectivity index (χ1v) is 7.70. The maximum atomic E-state index is 12.1. The molecule has 3 N–H and O–H groups in total. The number of carbonyl (C=O) groups excluding carboxylic acids is 1. The van der Waals surface area contributed by atoms with E-state index in [2.05, 4.69) is 0 Å². The Kier molecular flexibility index (Phi) is 4.90. The van der Waals surface area contributed by atoms with Crippen LogP contribution < -0.4 is 0 Å². The lowest BCUT2D eigenvalue weighted by Gasteiger charge is -2.29. The molecule has 0 fully saturated rings. The summed E-state index contributed by atoms with van der Waals surface area (Å²) < 4.78 is 0. The highest BCUT2D eigenvalue weighted by atomic mass is 16.3. The summed E-state index contributed by atoms with van der Waals surface area (Å²) in [5, 5.41) is 31.0. The summed E-state index contributed by atoms with van der Waals surface area (Å²) in [7, 11) is 0. The van der Waals surface area contributed by atoms with Gasteiger partial charge in [-0.1, -0.05) is 41.5 Å². The molecule has 0 aromatic heterocycles. The standard InChI is InChI=1S/C19H28O4/c1-10(20)14(11(2)21)12-9-13(18(3,4)5)16(22)17(23)15(12)19(6,7)8/h9,20,22-23H,1-8H3/b14-10+. The molecule has 0 saturated heterocycles. The second-order valence-electron chi connectivity index (χ2n) is 8.06. The molecule has 128 valence electrons. The SMILES string of the molecule is CC(=O)/C(=C(/C)O)c1cc(C(C)(C)C)c(O)c(O)c1C(C)(C)C. The maximum absolute atomic E-state index is 12.1. The molecule has 1 rings (SSSR count). The number of Topliss-reactive ketones (excluding diaryl/α,β-unsaturated/α-hetero) is 1. The van der Waals surface area contributed by atoms with Gasteiger partial charge in [-0.25, -0.2) is 0 Å². The number of aliphatic hydroxyl groups is 1. The third kappa shape index (κ3) is 3.69. The largest absolute Gasteiger partial charge is 0.512 e. The molecular weight excluding hydrogens is 292 g/mol. The van der Waals surface area contributed by atoms with E-state index in [0.717, 1.165) is 0 Å². The lowest BCUT2D eigenvalue weighted by Crippen LogP contribution is -2.19. The van der Waals surface area contributed by atoms with Crippen molar-refractivity contribution in [3.8, 4) is 11.5 Å². The fraction of sp³-hybridized carbons (Fsp3) is 0.526. The molecule has 1 aromatic carbocycles. The number of hydrogen-bond donors (Lipinski definition) is 3. The molecule has 0 aliphatic carbocycles. The molecule has 0 radical (unpaired) electrons. The number of benzene rings is 1. The molecule has 4 heteroatoms. The summed E-state index contributed by atoms with van der Waals surface area (Å²) in [4.78, 5) is 12.1. The fourth-order valence-corrected chi connectivity index (χ4v) is 2.83. The average Bonchev–Trinajstić information content (AvgIpc) is 2.29. The highest BCUT2D eigenvalue weighted by molar-refractivity contribution is 6.20. The minimum absolute atomic E-state index is 0.104. The van der Waals surface area contributed by atoms with Crippen LogP contribution in [0.25, 0.3) is 5.57 Å². The van der Waals surface area contributed by atoms with Crippen molar-refractivity contribution in [1.82, 2.24) is 0 Å². The van der Waals surface area contributed by atoms with E-state index < -0.39 is 10.8 Å². The summed E-state index contributed by atoms with van der Waals surface area (Å²) in [5.41, 5.74) is 0.641. The summed E-state index contributed by atoms with van der Waals surface area (Å²) in [6, 6.07) is 1.70. The Bertz CT molecular complexity index is 664. The zero-order valence-electron chi connectivity index (χ0n) is 15.3. The van der Waals surface area contributed by atoms with Crippen molar-refractivity contribution in [1.29, 1.82) is 0 Å². The quantitative estimate of drug-likeness (QED) is 0.424. The van der Waals surface area contributed by atoms with Crippen molar-refractivity contribution < 1.29 is 20.1 Å². The zero-order chi connectivity index (χ0) is 18.3. The van der Waals surface area contributed by atoms with E-state index in [9.17, 15) is 20.1 Å². The van der Waals surface area contributed by atoms with E-state index in [0.29, 0.717) is 16.7 Å². The molecule has 0 spiro atoms. The van der Waals surface area contributed by atoms with Crippen LogP contribution in [0.4, 0.5) is 0 Å². The van der Waals surface area contributed by atoms with E-state index in [-0.39, 0.29) is 28.6 Å². The monoisotopic (exact) mass is 320 g/mol. The Labute approximate surface area is 138 Å². The highest BCUT2D eigenvalue weighted by Crippen LogP contribution is 2.47. The van der Waals surface area contributed by atoms with Crippen LogP contribution in [0.1, 0.15) is 72.1 Å². The lowest BCUT2D eigenvalue weighted by molar-refractivity contribution is -0.111. The molecule has 1 aromatic rings. The smallest absolute Gasteiger partial charge is 0.163 e. The number of allylic oxidation sites excluding steroid dienone is 2. The van der Waals surface area contributed by atoms with Gasteiger partial charge in [0, 0.05) is 11.1 Å². The third-order valence-corrected chi connectivity index (χ3v) is 3.82. The van der Waals surface area contributed by atoms with E-state index in [4.69, 9.17) is 0 Å². The first-order chi connectivity index (χ1) is 10.2. The Hall–Kier alpha value is -1.97. The number of hydrogen-bond acceptors (Lipinski definition) is 4.